The van der Waals surface area contributed by atoms with Crippen LogP contribution in [-0.4, -0.2) is 23.0 Å². The highest BCUT2D eigenvalue weighted by Crippen LogP contribution is 2.61. The molecule has 4 nitrogen and oxygen atoms in total. The average Bonchev–Trinajstić information content (AvgIpc) is 3.11. The molecule has 0 aliphatic heterocycles. The first-order valence-corrected chi connectivity index (χ1v) is 13.0. The second kappa shape index (κ2) is 9.57. The molecule has 3 aliphatic rings. The summed E-state index contributed by atoms with van der Waals surface area (Å²) in [5, 5.41) is 10.5. The first-order valence-electron chi connectivity index (χ1n) is 13.0. The molecular weight excluding hydrogens is 400 g/mol. The molecule has 0 spiro atoms. The Morgan fingerprint density at radius 1 is 1.06 bits per heavy atom. The fourth-order valence-corrected chi connectivity index (χ4v) is 6.99. The number of rotatable bonds is 8. The minimum Gasteiger partial charge on any atom is -0.507 e. The topological polar surface area (TPSA) is 63.6 Å². The summed E-state index contributed by atoms with van der Waals surface area (Å²) in [4.78, 5) is 25.1. The van der Waals surface area contributed by atoms with Crippen LogP contribution in [0.2, 0.25) is 0 Å². The van der Waals surface area contributed by atoms with E-state index in [0.29, 0.717) is 36.2 Å². The van der Waals surface area contributed by atoms with Crippen LogP contribution >= 0.6 is 0 Å². The van der Waals surface area contributed by atoms with Gasteiger partial charge in [-0.15, -0.1) is 0 Å². The van der Waals surface area contributed by atoms with E-state index in [1.54, 1.807) is 0 Å². The Labute approximate surface area is 193 Å². The number of hydrogen-bond acceptors (Lipinski definition) is 4. The van der Waals surface area contributed by atoms with E-state index >= 15 is 0 Å². The van der Waals surface area contributed by atoms with Crippen molar-refractivity contribution < 1.29 is 19.4 Å². The van der Waals surface area contributed by atoms with Crippen LogP contribution in [0.4, 0.5) is 0 Å². The maximum atomic E-state index is 12.7. The van der Waals surface area contributed by atoms with E-state index < -0.39 is 0 Å². The molecule has 0 saturated heterocycles. The predicted molar refractivity (Wildman–Crippen MR) is 126 cm³/mol. The molecule has 4 rings (SSSR count). The fraction of sp³-hybridized carbons (Fsp3) is 0.714. The molecule has 32 heavy (non-hydrogen) atoms. The molecule has 0 radical (unpaired) electrons. The Bertz CT molecular complexity index is 859. The zero-order valence-corrected chi connectivity index (χ0v) is 20.1. The van der Waals surface area contributed by atoms with Crippen molar-refractivity contribution in [2.24, 2.45) is 17.3 Å². The van der Waals surface area contributed by atoms with Crippen molar-refractivity contribution in [2.75, 3.05) is 0 Å². The Kier molecular flexibility index (Phi) is 6.97. The minimum atomic E-state index is -0.0273. The van der Waals surface area contributed by atoms with Crippen LogP contribution in [0.1, 0.15) is 119 Å². The highest BCUT2D eigenvalue weighted by atomic mass is 16.5. The van der Waals surface area contributed by atoms with Gasteiger partial charge in [0, 0.05) is 18.3 Å². The smallest absolute Gasteiger partial charge is 0.306 e. The molecule has 1 aromatic rings. The predicted octanol–water partition coefficient (Wildman–Crippen LogP) is 6.72. The average molecular weight is 441 g/mol. The Hall–Kier alpha value is -1.84. The van der Waals surface area contributed by atoms with Gasteiger partial charge in [0.15, 0.2) is 5.78 Å². The van der Waals surface area contributed by atoms with Crippen LogP contribution in [0.25, 0.3) is 0 Å². The summed E-state index contributed by atoms with van der Waals surface area (Å²) in [6.07, 6.45) is 11.2. The molecule has 0 aromatic heterocycles. The van der Waals surface area contributed by atoms with Crippen molar-refractivity contribution in [1.82, 2.24) is 0 Å². The van der Waals surface area contributed by atoms with Gasteiger partial charge < -0.3 is 9.84 Å². The van der Waals surface area contributed by atoms with E-state index in [4.69, 9.17) is 4.74 Å². The highest BCUT2D eigenvalue weighted by molar-refractivity contribution is 5.99. The summed E-state index contributed by atoms with van der Waals surface area (Å²) in [6.45, 7) is 6.54. The van der Waals surface area contributed by atoms with Gasteiger partial charge in [-0.1, -0.05) is 33.6 Å². The number of aryl methyl sites for hydroxylation is 1. The largest absolute Gasteiger partial charge is 0.507 e. The number of esters is 1. The third-order valence-electron chi connectivity index (χ3n) is 8.82. The third-order valence-corrected chi connectivity index (χ3v) is 8.82. The molecule has 0 bridgehead atoms. The number of phenols is 1. The summed E-state index contributed by atoms with van der Waals surface area (Å²) < 4.78 is 6.02. The van der Waals surface area contributed by atoms with E-state index in [0.717, 1.165) is 64.2 Å². The standard InChI is InChI=1S/C28H40O4/c1-4-6-8-24(29)22-17-21-18(16-25(22)30)10-11-20-19(21)14-15-28(3)23(20)12-13-26(28)32-27(31)9-7-5-2/h16-17,19-20,23,26,30H,4-15H2,1-3H3/t19-,20+,23-,26-,28-/m1/s1. The summed E-state index contributed by atoms with van der Waals surface area (Å²) in [6, 6.07) is 3.89. The maximum absolute atomic E-state index is 12.7. The molecule has 4 heteroatoms. The first-order chi connectivity index (χ1) is 15.4. The Balaban J connectivity index is 1.54. The second-order valence-electron chi connectivity index (χ2n) is 10.7. The zero-order valence-electron chi connectivity index (χ0n) is 20.1. The molecule has 1 aromatic carbocycles. The monoisotopic (exact) mass is 440 g/mol. The van der Waals surface area contributed by atoms with Gasteiger partial charge in [0.05, 0.1) is 5.56 Å². The van der Waals surface area contributed by atoms with E-state index in [2.05, 4.69) is 20.8 Å². The van der Waals surface area contributed by atoms with Crippen molar-refractivity contribution >= 4 is 11.8 Å². The van der Waals surface area contributed by atoms with Crippen molar-refractivity contribution in [1.29, 1.82) is 0 Å². The molecule has 0 unspecified atom stereocenters. The zero-order chi connectivity index (χ0) is 22.9. The van der Waals surface area contributed by atoms with Crippen molar-refractivity contribution in [3.63, 3.8) is 0 Å². The lowest BCUT2D eigenvalue weighted by Crippen LogP contribution is -2.45. The molecular formula is C28H40O4. The summed E-state index contributed by atoms with van der Waals surface area (Å²) in [5.41, 5.74) is 3.10. The number of fused-ring (bicyclic) bond motifs is 5. The summed E-state index contributed by atoms with van der Waals surface area (Å²) in [7, 11) is 0. The van der Waals surface area contributed by atoms with E-state index in [9.17, 15) is 14.7 Å². The number of ketones is 1. The van der Waals surface area contributed by atoms with Gasteiger partial charge in [0.1, 0.15) is 11.9 Å². The number of benzene rings is 1. The van der Waals surface area contributed by atoms with E-state index in [1.807, 2.05) is 12.1 Å². The molecule has 0 amide bonds. The van der Waals surface area contributed by atoms with Crippen LogP contribution in [0.15, 0.2) is 12.1 Å². The highest BCUT2D eigenvalue weighted by Gasteiger charge is 2.56. The number of unbranched alkanes of at least 4 members (excludes halogenated alkanes) is 2. The van der Waals surface area contributed by atoms with Crippen molar-refractivity contribution in [3.05, 3.63) is 28.8 Å². The number of phenolic OH excluding ortho intramolecular Hbond substituents is 1. The van der Waals surface area contributed by atoms with Crippen LogP contribution in [0.3, 0.4) is 0 Å². The fourth-order valence-electron chi connectivity index (χ4n) is 6.99. The molecule has 2 fully saturated rings. The van der Waals surface area contributed by atoms with Crippen LogP contribution in [0, 0.1) is 17.3 Å². The van der Waals surface area contributed by atoms with Gasteiger partial charge in [0.25, 0.3) is 0 Å². The van der Waals surface area contributed by atoms with Gasteiger partial charge in [-0.3, -0.25) is 9.59 Å². The van der Waals surface area contributed by atoms with Crippen molar-refractivity contribution in [3.8, 4) is 5.75 Å². The molecule has 176 valence electrons. The first kappa shape index (κ1) is 23.3. The van der Waals surface area contributed by atoms with E-state index in [1.165, 1.54) is 11.1 Å². The van der Waals surface area contributed by atoms with Gasteiger partial charge in [-0.25, -0.2) is 0 Å². The summed E-state index contributed by atoms with van der Waals surface area (Å²) in [5.74, 6) is 1.78. The van der Waals surface area contributed by atoms with Gasteiger partial charge in [0.2, 0.25) is 0 Å². The minimum absolute atomic E-state index is 0.0273. The lowest BCUT2D eigenvalue weighted by atomic mass is 9.55. The lowest BCUT2D eigenvalue weighted by Gasteiger charge is -2.50. The third kappa shape index (κ3) is 4.22. The molecule has 1 N–H and O–H groups in total. The number of hydrogen-bond donors (Lipinski definition) is 1. The number of ether oxygens (including phenoxy) is 1. The van der Waals surface area contributed by atoms with Crippen LogP contribution in [0.5, 0.6) is 5.75 Å². The number of Topliss-reactive ketones (excluding diaryl/α,β-unsaturated/α-hetero) is 1. The van der Waals surface area contributed by atoms with Crippen molar-refractivity contribution in [2.45, 2.75) is 110 Å². The van der Waals surface area contributed by atoms with E-state index in [-0.39, 0.29) is 29.0 Å². The van der Waals surface area contributed by atoms with Gasteiger partial charge >= 0.3 is 5.97 Å². The van der Waals surface area contributed by atoms with Gasteiger partial charge in [-0.2, -0.15) is 0 Å². The van der Waals surface area contributed by atoms with Gasteiger partial charge in [-0.05, 0) is 92.4 Å². The summed E-state index contributed by atoms with van der Waals surface area (Å²) >= 11 is 0. The number of aromatic hydroxyl groups is 1. The quantitative estimate of drug-likeness (QED) is 0.360. The molecule has 3 aliphatic carbocycles. The number of carbonyl (C=O) groups excluding carboxylic acids is 2. The Morgan fingerprint density at radius 2 is 1.81 bits per heavy atom. The van der Waals surface area contributed by atoms with Crippen LogP contribution in [-0.2, 0) is 16.0 Å². The second-order valence-corrected chi connectivity index (χ2v) is 10.7. The lowest BCUT2D eigenvalue weighted by molar-refractivity contribution is -0.157. The maximum Gasteiger partial charge on any atom is 0.306 e. The SMILES string of the molecule is CCCCC(=O)O[C@@H]1CC[C@@H]2[C@H]3CCc4cc(O)c(C(=O)CCCC)cc4[C@@H]3CC[C@]21C. The van der Waals surface area contributed by atoms with Crippen LogP contribution < -0.4 is 0 Å². The molecule has 0 heterocycles. The molecule has 5 atom stereocenters. The molecule has 2 saturated carbocycles. The Morgan fingerprint density at radius 3 is 2.56 bits per heavy atom. The normalized spacial score (nSPS) is 30.8. The number of carbonyl (C=O) groups is 2.